The van der Waals surface area contributed by atoms with Crippen LogP contribution in [0.1, 0.15) is 11.1 Å². The van der Waals surface area contributed by atoms with Crippen molar-refractivity contribution in [1.82, 2.24) is 0 Å². The van der Waals surface area contributed by atoms with Gasteiger partial charge in [0.1, 0.15) is 11.4 Å². The van der Waals surface area contributed by atoms with Gasteiger partial charge in [0.15, 0.2) is 0 Å². The van der Waals surface area contributed by atoms with E-state index in [1.807, 2.05) is 6.08 Å². The Morgan fingerprint density at radius 1 is 1.00 bits per heavy atom. The van der Waals surface area contributed by atoms with Gasteiger partial charge < -0.3 is 0 Å². The lowest BCUT2D eigenvalue weighted by atomic mass is 9.95. The molecule has 0 N–H and O–H groups in total. The first-order valence-corrected chi connectivity index (χ1v) is 3.87. The lowest BCUT2D eigenvalue weighted by Crippen LogP contribution is -1.89. The highest BCUT2D eigenvalue weighted by atomic mass is 16.1. The minimum Gasteiger partial charge on any atom is -0.211 e. The van der Waals surface area contributed by atoms with E-state index in [2.05, 4.69) is 9.98 Å². The second-order valence-corrected chi connectivity index (χ2v) is 2.68. The minimum absolute atomic E-state index is 0.339. The molecule has 0 aliphatic heterocycles. The molecule has 1 aromatic rings. The van der Waals surface area contributed by atoms with Gasteiger partial charge in [-0.2, -0.15) is 9.98 Å². The van der Waals surface area contributed by atoms with E-state index in [0.29, 0.717) is 11.4 Å². The molecule has 1 aliphatic rings. The number of nitrogens with zero attached hydrogens (tertiary/aromatic N) is 2. The molecule has 0 spiro atoms. The quantitative estimate of drug-likeness (QED) is 0.530. The predicted octanol–water partition coefficient (Wildman–Crippen LogP) is 2.10. The average Bonchev–Trinajstić information content (AvgIpc) is 2.12. The molecule has 0 heterocycles. The van der Waals surface area contributed by atoms with Gasteiger partial charge in [-0.1, -0.05) is 18.2 Å². The number of hydrogen-bond donors (Lipinski definition) is 0. The molecule has 4 nitrogen and oxygen atoms in total. The van der Waals surface area contributed by atoms with E-state index < -0.39 is 0 Å². The molecule has 0 unspecified atom stereocenters. The van der Waals surface area contributed by atoms with Crippen molar-refractivity contribution >= 4 is 35.7 Å². The Kier molecular flexibility index (Phi) is 1.92. The highest BCUT2D eigenvalue weighted by Gasteiger charge is 2.14. The SMILES string of the molecule is O=C=Nc1ccc2c(c1N=C=O)C=C2. The monoisotopic (exact) mass is 184 g/mol. The zero-order valence-electron chi connectivity index (χ0n) is 7.02. The van der Waals surface area contributed by atoms with Crippen LogP contribution in [0.25, 0.3) is 12.2 Å². The number of benzene rings is 1. The molecular formula is C10H4N2O2. The summed E-state index contributed by atoms with van der Waals surface area (Å²) in [6, 6.07) is 3.42. The van der Waals surface area contributed by atoms with Crippen molar-refractivity contribution < 1.29 is 9.59 Å². The average molecular weight is 184 g/mol. The van der Waals surface area contributed by atoms with Crippen molar-refractivity contribution in [1.29, 1.82) is 0 Å². The lowest BCUT2D eigenvalue weighted by Gasteiger charge is -2.12. The first-order chi connectivity index (χ1) is 6.86. The standard InChI is InChI=1S/C10H4N2O2/c13-5-11-9-4-2-7-1-3-8(7)10(9)12-6-14/h1-4H. The van der Waals surface area contributed by atoms with Crippen LogP contribution in [0, 0.1) is 0 Å². The second kappa shape index (κ2) is 3.23. The summed E-state index contributed by atoms with van der Waals surface area (Å²) in [5.74, 6) is 0. The molecule has 0 aromatic heterocycles. The Labute approximate surface area is 79.3 Å². The minimum atomic E-state index is 0.339. The van der Waals surface area contributed by atoms with Gasteiger partial charge in [0, 0.05) is 5.56 Å². The molecule has 4 heteroatoms. The summed E-state index contributed by atoms with van der Waals surface area (Å²) >= 11 is 0. The van der Waals surface area contributed by atoms with Crippen LogP contribution in [-0.4, -0.2) is 12.2 Å². The van der Waals surface area contributed by atoms with Crippen molar-refractivity contribution in [3.63, 3.8) is 0 Å². The Bertz CT molecular complexity index is 519. The number of isocyanates is 2. The maximum absolute atomic E-state index is 10.2. The molecule has 0 saturated heterocycles. The number of fused-ring (bicyclic) bond motifs is 1. The molecule has 66 valence electrons. The van der Waals surface area contributed by atoms with Crippen LogP contribution in [0.3, 0.4) is 0 Å². The molecule has 1 aliphatic carbocycles. The van der Waals surface area contributed by atoms with Crippen molar-refractivity contribution in [3.8, 4) is 0 Å². The Hall–Kier alpha value is -2.28. The fourth-order valence-corrected chi connectivity index (χ4v) is 1.31. The van der Waals surface area contributed by atoms with E-state index in [1.165, 1.54) is 12.2 Å². The molecule has 0 bridgehead atoms. The zero-order chi connectivity index (χ0) is 9.97. The summed E-state index contributed by atoms with van der Waals surface area (Å²) in [5, 5.41) is 0. The Morgan fingerprint density at radius 2 is 1.79 bits per heavy atom. The first kappa shape index (κ1) is 8.32. The van der Waals surface area contributed by atoms with Gasteiger partial charge in [-0.15, -0.1) is 0 Å². The molecule has 14 heavy (non-hydrogen) atoms. The number of carbonyl (C=O) groups excluding carboxylic acids is 2. The third-order valence-corrected chi connectivity index (χ3v) is 1.98. The van der Waals surface area contributed by atoms with Crippen LogP contribution in [0.2, 0.25) is 0 Å². The molecular weight excluding hydrogens is 180 g/mol. The maximum atomic E-state index is 10.2. The van der Waals surface area contributed by atoms with Gasteiger partial charge in [-0.3, -0.25) is 0 Å². The van der Waals surface area contributed by atoms with E-state index in [9.17, 15) is 9.59 Å². The maximum Gasteiger partial charge on any atom is 0.240 e. The van der Waals surface area contributed by atoms with Gasteiger partial charge in [0.2, 0.25) is 12.2 Å². The van der Waals surface area contributed by atoms with Crippen molar-refractivity contribution in [2.75, 3.05) is 0 Å². The fraction of sp³-hybridized carbons (Fsp3) is 0. The summed E-state index contributed by atoms with van der Waals surface area (Å²) in [4.78, 5) is 27.2. The summed E-state index contributed by atoms with van der Waals surface area (Å²) < 4.78 is 0. The van der Waals surface area contributed by atoms with Crippen LogP contribution in [0.4, 0.5) is 11.4 Å². The van der Waals surface area contributed by atoms with Crippen molar-refractivity contribution in [3.05, 3.63) is 23.3 Å². The predicted molar refractivity (Wildman–Crippen MR) is 50.9 cm³/mol. The van der Waals surface area contributed by atoms with E-state index in [-0.39, 0.29) is 0 Å². The third-order valence-electron chi connectivity index (χ3n) is 1.98. The number of hydrogen-bond acceptors (Lipinski definition) is 4. The van der Waals surface area contributed by atoms with Crippen molar-refractivity contribution in [2.45, 2.75) is 0 Å². The van der Waals surface area contributed by atoms with Gasteiger partial charge >= 0.3 is 0 Å². The topological polar surface area (TPSA) is 58.9 Å². The first-order valence-electron chi connectivity index (χ1n) is 3.87. The summed E-state index contributed by atoms with van der Waals surface area (Å²) in [6.45, 7) is 0. The van der Waals surface area contributed by atoms with E-state index >= 15 is 0 Å². The summed E-state index contributed by atoms with van der Waals surface area (Å²) in [6.07, 6.45) is 6.53. The van der Waals surface area contributed by atoms with Crippen LogP contribution in [0.5, 0.6) is 0 Å². The summed E-state index contributed by atoms with van der Waals surface area (Å²) in [5.41, 5.74) is 2.50. The molecule has 1 aromatic carbocycles. The van der Waals surface area contributed by atoms with Crippen LogP contribution < -0.4 is 0 Å². The Morgan fingerprint density at radius 3 is 2.36 bits per heavy atom. The van der Waals surface area contributed by atoms with Gasteiger partial charge in [0.05, 0.1) is 0 Å². The smallest absolute Gasteiger partial charge is 0.211 e. The van der Waals surface area contributed by atoms with Crippen LogP contribution >= 0.6 is 0 Å². The van der Waals surface area contributed by atoms with Crippen molar-refractivity contribution in [2.24, 2.45) is 9.98 Å². The van der Waals surface area contributed by atoms with Gasteiger partial charge in [0.25, 0.3) is 0 Å². The molecule has 0 amide bonds. The molecule has 0 fully saturated rings. The third kappa shape index (κ3) is 1.12. The second-order valence-electron chi connectivity index (χ2n) is 2.68. The number of aliphatic imine (C=N–C) groups is 2. The van der Waals surface area contributed by atoms with Crippen LogP contribution in [0.15, 0.2) is 22.1 Å². The lowest BCUT2D eigenvalue weighted by molar-refractivity contribution is 0.564. The molecule has 0 atom stereocenters. The van der Waals surface area contributed by atoms with E-state index in [4.69, 9.17) is 0 Å². The molecule has 2 rings (SSSR count). The normalized spacial score (nSPS) is 10.6. The van der Waals surface area contributed by atoms with E-state index in [0.717, 1.165) is 11.1 Å². The van der Waals surface area contributed by atoms with Gasteiger partial charge in [-0.25, -0.2) is 9.59 Å². The highest BCUT2D eigenvalue weighted by molar-refractivity contribution is 5.95. The van der Waals surface area contributed by atoms with Gasteiger partial charge in [-0.05, 0) is 11.6 Å². The number of rotatable bonds is 2. The van der Waals surface area contributed by atoms with Crippen LogP contribution in [-0.2, 0) is 9.59 Å². The molecule has 0 radical (unpaired) electrons. The summed E-state index contributed by atoms with van der Waals surface area (Å²) in [7, 11) is 0. The zero-order valence-corrected chi connectivity index (χ0v) is 7.02. The Balaban J connectivity index is 2.68. The largest absolute Gasteiger partial charge is 0.240 e. The van der Waals surface area contributed by atoms with E-state index in [1.54, 1.807) is 18.2 Å². The molecule has 0 saturated carbocycles. The highest BCUT2D eigenvalue weighted by Crippen LogP contribution is 2.39. The fourth-order valence-electron chi connectivity index (χ4n) is 1.31.